The van der Waals surface area contributed by atoms with E-state index in [2.05, 4.69) is 10.2 Å². The third kappa shape index (κ3) is 4.80. The normalized spacial score (nSPS) is 13.7. The molecule has 0 spiro atoms. The number of aromatic nitrogens is 2. The average Bonchev–Trinajstić information content (AvgIpc) is 3.24. The van der Waals surface area contributed by atoms with Gasteiger partial charge in [-0.25, -0.2) is 0 Å². The minimum absolute atomic E-state index is 0.0827. The van der Waals surface area contributed by atoms with Crippen LogP contribution in [-0.4, -0.2) is 56.2 Å². The first-order valence-corrected chi connectivity index (χ1v) is 10.2. The molecule has 1 aliphatic rings. The van der Waals surface area contributed by atoms with Crippen LogP contribution in [-0.2, 0) is 16.1 Å². The number of amides is 1. The Morgan fingerprint density at radius 3 is 2.58 bits per heavy atom. The first-order valence-electron chi connectivity index (χ1n) is 10.2. The van der Waals surface area contributed by atoms with E-state index >= 15 is 0 Å². The minimum atomic E-state index is -0.195. The predicted octanol–water partition coefficient (Wildman–Crippen LogP) is 3.04. The molecule has 8 nitrogen and oxygen atoms in total. The van der Waals surface area contributed by atoms with Crippen molar-refractivity contribution >= 4 is 17.4 Å². The lowest BCUT2D eigenvalue weighted by atomic mass is 10.1. The van der Waals surface area contributed by atoms with Gasteiger partial charge in [0.15, 0.2) is 5.82 Å². The van der Waals surface area contributed by atoms with E-state index < -0.39 is 0 Å². The van der Waals surface area contributed by atoms with Gasteiger partial charge >= 0.3 is 0 Å². The summed E-state index contributed by atoms with van der Waals surface area (Å²) in [5, 5.41) is 7.63. The maximum Gasteiger partial charge on any atom is 0.246 e. The molecule has 1 aromatic heterocycles. The zero-order chi connectivity index (χ0) is 21.6. The van der Waals surface area contributed by atoms with Gasteiger partial charge in [0.1, 0.15) is 18.0 Å². The summed E-state index contributed by atoms with van der Waals surface area (Å²) in [5.74, 6) is 1.86. The first kappa shape index (κ1) is 20.7. The number of hydrogen-bond donors (Lipinski definition) is 1. The standard InChI is InChI=1S/C23H26N4O4/c1-29-18-8-9-20(21(14-18)30-2)24-22(28)16-27-15-19(17-6-4-3-5-7-17)23(25-27)26-10-12-31-13-11-26/h3-9,14-15H,10-13,16H2,1-2H3,(H,24,28). The van der Waals surface area contributed by atoms with Crippen molar-refractivity contribution < 1.29 is 19.0 Å². The van der Waals surface area contributed by atoms with Crippen LogP contribution in [0.5, 0.6) is 11.5 Å². The van der Waals surface area contributed by atoms with E-state index in [1.54, 1.807) is 37.1 Å². The molecule has 162 valence electrons. The fourth-order valence-corrected chi connectivity index (χ4v) is 3.56. The number of carbonyl (C=O) groups is 1. The van der Waals surface area contributed by atoms with Gasteiger partial charge in [-0.15, -0.1) is 0 Å². The number of morpholine rings is 1. The van der Waals surface area contributed by atoms with E-state index in [9.17, 15) is 4.79 Å². The molecule has 0 unspecified atom stereocenters. The van der Waals surface area contributed by atoms with Crippen LogP contribution in [0, 0.1) is 0 Å². The van der Waals surface area contributed by atoms with Crippen LogP contribution in [0.2, 0.25) is 0 Å². The quantitative estimate of drug-likeness (QED) is 0.631. The van der Waals surface area contributed by atoms with Crippen LogP contribution in [0.3, 0.4) is 0 Å². The number of rotatable bonds is 7. The van der Waals surface area contributed by atoms with Crippen molar-refractivity contribution in [1.29, 1.82) is 0 Å². The number of benzene rings is 2. The fourth-order valence-electron chi connectivity index (χ4n) is 3.56. The molecule has 31 heavy (non-hydrogen) atoms. The second-order valence-electron chi connectivity index (χ2n) is 7.14. The fraction of sp³-hybridized carbons (Fsp3) is 0.304. The molecule has 3 aromatic rings. The van der Waals surface area contributed by atoms with Gasteiger partial charge in [-0.2, -0.15) is 5.10 Å². The van der Waals surface area contributed by atoms with Crippen molar-refractivity contribution in [3.8, 4) is 22.6 Å². The summed E-state index contributed by atoms with van der Waals surface area (Å²) in [6.45, 7) is 2.95. The maximum atomic E-state index is 12.7. The third-order valence-corrected chi connectivity index (χ3v) is 5.13. The van der Waals surface area contributed by atoms with E-state index in [-0.39, 0.29) is 12.5 Å². The van der Waals surface area contributed by atoms with Gasteiger partial charge in [0, 0.05) is 30.9 Å². The number of nitrogens with one attached hydrogen (secondary N) is 1. The second kappa shape index (κ2) is 9.53. The average molecular weight is 422 g/mol. The van der Waals surface area contributed by atoms with Gasteiger partial charge in [0.05, 0.1) is 33.1 Å². The highest BCUT2D eigenvalue weighted by molar-refractivity contribution is 5.92. The topological polar surface area (TPSA) is 77.9 Å². The number of carbonyl (C=O) groups excluding carboxylic acids is 1. The molecule has 0 aliphatic carbocycles. The molecule has 1 aliphatic heterocycles. The molecule has 1 amide bonds. The summed E-state index contributed by atoms with van der Waals surface area (Å²) in [5.41, 5.74) is 2.64. The number of hydrogen-bond acceptors (Lipinski definition) is 6. The van der Waals surface area contributed by atoms with E-state index in [0.29, 0.717) is 30.4 Å². The molecule has 4 rings (SSSR count). The largest absolute Gasteiger partial charge is 0.497 e. The summed E-state index contributed by atoms with van der Waals surface area (Å²) in [6.07, 6.45) is 1.92. The SMILES string of the molecule is COc1ccc(NC(=O)Cn2cc(-c3ccccc3)c(N3CCOCC3)n2)c(OC)c1. The van der Waals surface area contributed by atoms with Crippen molar-refractivity contribution in [2.24, 2.45) is 0 Å². The summed E-state index contributed by atoms with van der Waals surface area (Å²) in [6, 6.07) is 15.3. The van der Waals surface area contributed by atoms with Crippen molar-refractivity contribution in [1.82, 2.24) is 9.78 Å². The van der Waals surface area contributed by atoms with E-state index in [1.807, 2.05) is 36.5 Å². The molecule has 2 heterocycles. The zero-order valence-electron chi connectivity index (χ0n) is 17.7. The Hall–Kier alpha value is -3.52. The third-order valence-electron chi connectivity index (χ3n) is 5.13. The number of anilines is 2. The molecule has 0 radical (unpaired) electrons. The molecule has 0 atom stereocenters. The highest BCUT2D eigenvalue weighted by atomic mass is 16.5. The van der Waals surface area contributed by atoms with Crippen LogP contribution in [0.15, 0.2) is 54.7 Å². The molecule has 8 heteroatoms. The van der Waals surface area contributed by atoms with Gasteiger partial charge in [-0.1, -0.05) is 30.3 Å². The van der Waals surface area contributed by atoms with Crippen LogP contribution in [0.1, 0.15) is 0 Å². The molecule has 0 bridgehead atoms. The molecular formula is C23H26N4O4. The van der Waals surface area contributed by atoms with Crippen molar-refractivity contribution in [2.75, 3.05) is 50.7 Å². The van der Waals surface area contributed by atoms with Crippen LogP contribution < -0.4 is 19.7 Å². The summed E-state index contributed by atoms with van der Waals surface area (Å²) in [7, 11) is 3.14. The number of methoxy groups -OCH3 is 2. The van der Waals surface area contributed by atoms with Gasteiger partial charge in [0.2, 0.25) is 5.91 Å². The van der Waals surface area contributed by atoms with Crippen molar-refractivity contribution in [3.05, 3.63) is 54.7 Å². The highest BCUT2D eigenvalue weighted by Gasteiger charge is 2.21. The lowest BCUT2D eigenvalue weighted by Gasteiger charge is -2.27. The van der Waals surface area contributed by atoms with Gasteiger partial charge in [-0.05, 0) is 17.7 Å². The summed E-state index contributed by atoms with van der Waals surface area (Å²) < 4.78 is 17.7. The number of ether oxygens (including phenoxy) is 3. The Labute approximate surface area is 181 Å². The van der Waals surface area contributed by atoms with Crippen LogP contribution in [0.4, 0.5) is 11.5 Å². The molecule has 1 saturated heterocycles. The Balaban J connectivity index is 1.55. The van der Waals surface area contributed by atoms with E-state index in [1.165, 1.54) is 0 Å². The van der Waals surface area contributed by atoms with Crippen LogP contribution >= 0.6 is 0 Å². The number of nitrogens with zero attached hydrogens (tertiary/aromatic N) is 3. The first-order chi connectivity index (χ1) is 15.2. The molecular weight excluding hydrogens is 396 g/mol. The Morgan fingerprint density at radius 1 is 1.10 bits per heavy atom. The predicted molar refractivity (Wildman–Crippen MR) is 119 cm³/mol. The summed E-state index contributed by atoms with van der Waals surface area (Å²) >= 11 is 0. The monoisotopic (exact) mass is 422 g/mol. The second-order valence-corrected chi connectivity index (χ2v) is 7.14. The molecule has 0 saturated carbocycles. The van der Waals surface area contributed by atoms with Gasteiger partial charge in [-0.3, -0.25) is 9.48 Å². The lowest BCUT2D eigenvalue weighted by Crippen LogP contribution is -2.36. The molecule has 1 N–H and O–H groups in total. The highest BCUT2D eigenvalue weighted by Crippen LogP contribution is 2.31. The lowest BCUT2D eigenvalue weighted by molar-refractivity contribution is -0.116. The Bertz CT molecular complexity index is 1030. The molecule has 1 fully saturated rings. The van der Waals surface area contributed by atoms with Gasteiger partial charge in [0.25, 0.3) is 0 Å². The zero-order valence-corrected chi connectivity index (χ0v) is 17.7. The van der Waals surface area contributed by atoms with Crippen LogP contribution in [0.25, 0.3) is 11.1 Å². The van der Waals surface area contributed by atoms with Crippen molar-refractivity contribution in [3.63, 3.8) is 0 Å². The Morgan fingerprint density at radius 2 is 1.87 bits per heavy atom. The minimum Gasteiger partial charge on any atom is -0.497 e. The van der Waals surface area contributed by atoms with Gasteiger partial charge < -0.3 is 24.4 Å². The Kier molecular flexibility index (Phi) is 6.37. The van der Waals surface area contributed by atoms with E-state index in [4.69, 9.17) is 19.3 Å². The summed E-state index contributed by atoms with van der Waals surface area (Å²) in [4.78, 5) is 14.9. The van der Waals surface area contributed by atoms with Crippen molar-refractivity contribution in [2.45, 2.75) is 6.54 Å². The van der Waals surface area contributed by atoms with E-state index in [0.717, 1.165) is 30.0 Å². The smallest absolute Gasteiger partial charge is 0.246 e. The molecule has 2 aromatic carbocycles. The maximum absolute atomic E-state index is 12.7.